The largest absolute Gasteiger partial charge is 0.398 e. The van der Waals surface area contributed by atoms with Crippen LogP contribution in [0.5, 0.6) is 0 Å². The molecule has 0 aliphatic rings. The zero-order chi connectivity index (χ0) is 17.4. The average Bonchev–Trinajstić information content (AvgIpc) is 2.43. The maximum atomic E-state index is 12.3. The van der Waals surface area contributed by atoms with Crippen molar-refractivity contribution in [3.8, 4) is 0 Å². The quantitative estimate of drug-likeness (QED) is 0.704. The van der Waals surface area contributed by atoms with E-state index in [0.717, 1.165) is 0 Å². The van der Waals surface area contributed by atoms with Gasteiger partial charge in [0.15, 0.2) is 0 Å². The van der Waals surface area contributed by atoms with Gasteiger partial charge in [-0.25, -0.2) is 16.8 Å². The van der Waals surface area contributed by atoms with E-state index in [9.17, 15) is 16.8 Å². The lowest BCUT2D eigenvalue weighted by Crippen LogP contribution is -2.30. The van der Waals surface area contributed by atoms with E-state index in [2.05, 4.69) is 0 Å². The molecule has 5 N–H and O–H groups in total. The molecule has 0 atom stereocenters. The van der Waals surface area contributed by atoms with Crippen LogP contribution in [-0.2, 0) is 20.0 Å². The fourth-order valence-electron chi connectivity index (χ4n) is 1.81. The summed E-state index contributed by atoms with van der Waals surface area (Å²) in [5.41, 5.74) is 13.2. The Balaban J connectivity index is 2.42. The summed E-state index contributed by atoms with van der Waals surface area (Å²) in [6.07, 6.45) is 0. The van der Waals surface area contributed by atoms with Gasteiger partial charge < -0.3 is 11.5 Å². The highest BCUT2D eigenvalue weighted by Crippen LogP contribution is 2.21. The van der Waals surface area contributed by atoms with Crippen LogP contribution in [0, 0.1) is 13.8 Å². The number of aryl methyl sites for hydroxylation is 2. The summed E-state index contributed by atoms with van der Waals surface area (Å²) in [5, 5.41) is 0. The average molecular weight is 355 g/mol. The fraction of sp³-hybridized carbons (Fsp3) is 0.143. The van der Waals surface area contributed by atoms with Crippen molar-refractivity contribution in [2.75, 3.05) is 11.5 Å². The molecule has 9 heteroatoms. The SMILES string of the molecule is Cc1ccc(S(=O)(=O)NS(=O)(=O)c2ccc(C)c(N)c2)cc1N. The Kier molecular flexibility index (Phi) is 4.38. The number of nitrogens with two attached hydrogens (primary N) is 2. The molecule has 7 nitrogen and oxygen atoms in total. The molecule has 0 bridgehead atoms. The third-order valence-corrected chi connectivity index (χ3v) is 6.85. The Hall–Kier alpha value is -2.10. The highest BCUT2D eigenvalue weighted by atomic mass is 32.3. The van der Waals surface area contributed by atoms with Gasteiger partial charge in [-0.15, -0.1) is 4.13 Å². The summed E-state index contributed by atoms with van der Waals surface area (Å²) in [6, 6.07) is 7.98. The van der Waals surface area contributed by atoms with Crippen LogP contribution in [0.15, 0.2) is 46.2 Å². The van der Waals surface area contributed by atoms with E-state index in [1.807, 2.05) is 0 Å². The standard InChI is InChI=1S/C14H17N3O4S2/c1-9-3-5-11(7-13(9)15)22(18,19)17-23(20,21)12-6-4-10(2)14(16)8-12/h3-8,17H,15-16H2,1-2H3. The molecule has 2 rings (SSSR count). The second-order valence-corrected chi connectivity index (χ2v) is 8.75. The third-order valence-electron chi connectivity index (χ3n) is 3.34. The Morgan fingerprint density at radius 2 is 1.09 bits per heavy atom. The highest BCUT2D eigenvalue weighted by Gasteiger charge is 2.25. The van der Waals surface area contributed by atoms with Gasteiger partial charge in [0.05, 0.1) is 9.79 Å². The molecule has 124 valence electrons. The van der Waals surface area contributed by atoms with Crippen molar-refractivity contribution in [2.24, 2.45) is 0 Å². The van der Waals surface area contributed by atoms with Crippen LogP contribution in [0.2, 0.25) is 0 Å². The van der Waals surface area contributed by atoms with Crippen molar-refractivity contribution in [3.63, 3.8) is 0 Å². The summed E-state index contributed by atoms with van der Waals surface area (Å²) in [6.45, 7) is 3.43. The number of hydrogen-bond acceptors (Lipinski definition) is 6. The molecule has 2 aromatic rings. The van der Waals surface area contributed by atoms with Gasteiger partial charge in [0.2, 0.25) is 0 Å². The van der Waals surface area contributed by atoms with Gasteiger partial charge in [0.1, 0.15) is 0 Å². The summed E-state index contributed by atoms with van der Waals surface area (Å²) in [7, 11) is -8.57. The molecule has 0 aromatic heterocycles. The second kappa shape index (κ2) is 5.84. The molecule has 0 unspecified atom stereocenters. The molecule has 0 spiro atoms. The lowest BCUT2D eigenvalue weighted by atomic mass is 10.2. The number of benzene rings is 2. The smallest absolute Gasteiger partial charge is 0.253 e. The summed E-state index contributed by atoms with van der Waals surface area (Å²) in [4.78, 5) is -0.464. The maximum absolute atomic E-state index is 12.3. The van der Waals surface area contributed by atoms with Crippen LogP contribution in [0.1, 0.15) is 11.1 Å². The molecule has 0 saturated heterocycles. The van der Waals surface area contributed by atoms with Gasteiger partial charge in [0.25, 0.3) is 20.0 Å². The summed E-state index contributed by atoms with van der Waals surface area (Å²) < 4.78 is 50.7. The predicted molar refractivity (Wildman–Crippen MR) is 88.7 cm³/mol. The molecule has 0 aliphatic heterocycles. The van der Waals surface area contributed by atoms with Gasteiger partial charge >= 0.3 is 0 Å². The monoisotopic (exact) mass is 355 g/mol. The van der Waals surface area contributed by atoms with Gasteiger partial charge in [-0.1, -0.05) is 12.1 Å². The summed E-state index contributed by atoms with van der Waals surface area (Å²) in [5.74, 6) is 0. The Bertz CT molecular complexity index is 888. The van der Waals surface area contributed by atoms with Crippen LogP contribution >= 0.6 is 0 Å². The lowest BCUT2D eigenvalue weighted by molar-refractivity contribution is 0.577. The maximum Gasteiger partial charge on any atom is 0.253 e. The van der Waals surface area contributed by atoms with Crippen LogP contribution in [0.4, 0.5) is 11.4 Å². The Morgan fingerprint density at radius 1 is 0.739 bits per heavy atom. The van der Waals surface area contributed by atoms with E-state index in [1.165, 1.54) is 36.4 Å². The number of sulfonamides is 2. The van der Waals surface area contributed by atoms with Crippen molar-refractivity contribution in [2.45, 2.75) is 23.6 Å². The van der Waals surface area contributed by atoms with Crippen molar-refractivity contribution in [1.82, 2.24) is 4.13 Å². The normalized spacial score (nSPS) is 12.3. The van der Waals surface area contributed by atoms with Crippen LogP contribution < -0.4 is 15.6 Å². The van der Waals surface area contributed by atoms with Gasteiger partial charge in [-0.2, -0.15) is 0 Å². The first-order valence-electron chi connectivity index (χ1n) is 6.54. The molecule has 0 amide bonds. The predicted octanol–water partition coefficient (Wildman–Crippen LogP) is 1.14. The zero-order valence-corrected chi connectivity index (χ0v) is 14.2. The van der Waals surface area contributed by atoms with Crippen LogP contribution in [0.3, 0.4) is 0 Å². The number of anilines is 2. The molecule has 0 aliphatic carbocycles. The first-order valence-corrected chi connectivity index (χ1v) is 9.50. The second-order valence-electron chi connectivity index (χ2n) is 5.13. The summed E-state index contributed by atoms with van der Waals surface area (Å²) >= 11 is 0. The van der Waals surface area contributed by atoms with Crippen molar-refractivity contribution in [3.05, 3.63) is 47.5 Å². The van der Waals surface area contributed by atoms with E-state index >= 15 is 0 Å². The minimum absolute atomic E-state index is 0.232. The topological polar surface area (TPSA) is 132 Å². The molecular weight excluding hydrogens is 338 g/mol. The van der Waals surface area contributed by atoms with Crippen LogP contribution in [-0.4, -0.2) is 16.8 Å². The van der Waals surface area contributed by atoms with E-state index in [0.29, 0.717) is 11.1 Å². The minimum Gasteiger partial charge on any atom is -0.398 e. The minimum atomic E-state index is -4.29. The van der Waals surface area contributed by atoms with E-state index in [-0.39, 0.29) is 21.2 Å². The van der Waals surface area contributed by atoms with E-state index < -0.39 is 20.0 Å². The van der Waals surface area contributed by atoms with Crippen molar-refractivity contribution in [1.29, 1.82) is 0 Å². The van der Waals surface area contributed by atoms with Crippen LogP contribution in [0.25, 0.3) is 0 Å². The number of nitrogen functional groups attached to an aromatic ring is 2. The van der Waals surface area contributed by atoms with Crippen molar-refractivity contribution >= 4 is 31.4 Å². The lowest BCUT2D eigenvalue weighted by Gasteiger charge is -2.10. The molecular formula is C14H17N3O4S2. The first kappa shape index (κ1) is 17.3. The third kappa shape index (κ3) is 3.63. The van der Waals surface area contributed by atoms with E-state index in [4.69, 9.17) is 11.5 Å². The molecule has 0 radical (unpaired) electrons. The number of nitrogens with one attached hydrogen (secondary N) is 1. The molecule has 0 saturated carbocycles. The van der Waals surface area contributed by atoms with Crippen molar-refractivity contribution < 1.29 is 16.8 Å². The van der Waals surface area contributed by atoms with Gasteiger partial charge in [0, 0.05) is 11.4 Å². The number of hydrogen-bond donors (Lipinski definition) is 3. The molecule has 0 fully saturated rings. The molecule has 2 aromatic carbocycles. The number of rotatable bonds is 4. The van der Waals surface area contributed by atoms with E-state index in [1.54, 1.807) is 18.0 Å². The Labute approximate surface area is 135 Å². The molecule has 23 heavy (non-hydrogen) atoms. The fourth-order valence-corrected chi connectivity index (χ4v) is 4.80. The van der Waals surface area contributed by atoms with Gasteiger partial charge in [-0.3, -0.25) is 0 Å². The Morgan fingerprint density at radius 3 is 1.39 bits per heavy atom. The molecule has 0 heterocycles. The highest BCUT2D eigenvalue weighted by molar-refractivity contribution is 8.04. The van der Waals surface area contributed by atoms with Gasteiger partial charge in [-0.05, 0) is 49.2 Å². The zero-order valence-electron chi connectivity index (χ0n) is 12.6. The first-order chi connectivity index (χ1) is 10.5.